The van der Waals surface area contributed by atoms with Crippen LogP contribution in [0.25, 0.3) is 0 Å². The minimum Gasteiger partial charge on any atom is -0.478 e. The van der Waals surface area contributed by atoms with E-state index in [2.05, 4.69) is 0 Å². The van der Waals surface area contributed by atoms with E-state index in [4.69, 9.17) is 10.5 Å². The van der Waals surface area contributed by atoms with Crippen molar-refractivity contribution in [3.05, 3.63) is 6.08 Å². The fraction of sp³-hybridized carbons (Fsp3) is 0. The molecule has 3 nitrogen and oxygen atoms in total. The number of carboxylic acids is 1. The molecule has 3 heteroatoms. The van der Waals surface area contributed by atoms with Gasteiger partial charge in [0.2, 0.25) is 0 Å². The second-order valence-electron chi connectivity index (χ2n) is 0.627. The van der Waals surface area contributed by atoms with Crippen LogP contribution in [0, 0.1) is 5.41 Å². The summed E-state index contributed by atoms with van der Waals surface area (Å²) in [6.07, 6.45) is 0.625. The van der Waals surface area contributed by atoms with Crippen LogP contribution in [0.4, 0.5) is 0 Å². The zero-order valence-corrected chi connectivity index (χ0v) is 2.93. The number of aliphatic carboxylic acids is 1. The predicted molar refractivity (Wildman–Crippen MR) is 19.9 cm³/mol. The first-order valence-electron chi connectivity index (χ1n) is 1.26. The van der Waals surface area contributed by atoms with Gasteiger partial charge in [0.05, 0.1) is 6.08 Å². The monoisotopic (exact) mass is 85.0 g/mol. The molecule has 0 saturated carbocycles. The van der Waals surface area contributed by atoms with Crippen LogP contribution >= 0.6 is 0 Å². The molecule has 0 aliphatic carbocycles. The summed E-state index contributed by atoms with van der Waals surface area (Å²) in [7, 11) is 0. The third kappa shape index (κ3) is 2.92. The van der Waals surface area contributed by atoms with E-state index in [1.165, 1.54) is 0 Å². The lowest BCUT2D eigenvalue weighted by atomic mass is 10.7. The van der Waals surface area contributed by atoms with Gasteiger partial charge in [-0.2, -0.15) is 0 Å². The fourth-order valence-electron chi connectivity index (χ4n) is 0.0617. The molecule has 0 radical (unpaired) electrons. The van der Waals surface area contributed by atoms with Crippen LogP contribution in [0.2, 0.25) is 0 Å². The van der Waals surface area contributed by atoms with Gasteiger partial charge in [-0.3, -0.25) is 5.41 Å². The van der Waals surface area contributed by atoms with Crippen LogP contribution in [-0.4, -0.2) is 16.9 Å². The molecule has 0 saturated heterocycles. The summed E-state index contributed by atoms with van der Waals surface area (Å²) < 4.78 is 0. The molecule has 0 aliphatic rings. The number of carbonyl (C=O) groups is 1. The normalized spacial score (nSPS) is 6.00. The van der Waals surface area contributed by atoms with Gasteiger partial charge in [0, 0.05) is 0 Å². The summed E-state index contributed by atoms with van der Waals surface area (Å²) >= 11 is 0. The molecular formula is C3H3NO2. The summed E-state index contributed by atoms with van der Waals surface area (Å²) in [6.45, 7) is 0. The molecule has 0 aliphatic heterocycles. The highest BCUT2D eigenvalue weighted by molar-refractivity contribution is 5.88. The van der Waals surface area contributed by atoms with E-state index >= 15 is 0 Å². The van der Waals surface area contributed by atoms with E-state index in [0.29, 0.717) is 6.08 Å². The molecule has 2 N–H and O–H groups in total. The highest BCUT2D eigenvalue weighted by atomic mass is 16.4. The molecule has 0 bridgehead atoms. The van der Waals surface area contributed by atoms with Gasteiger partial charge in [0.25, 0.3) is 0 Å². The van der Waals surface area contributed by atoms with E-state index in [0.717, 1.165) is 0 Å². The standard InChI is InChI=1S/C3H3NO2/c4-2-1-3(5)6/h1,4H,(H,5,6). The van der Waals surface area contributed by atoms with E-state index in [9.17, 15) is 4.79 Å². The van der Waals surface area contributed by atoms with Crippen molar-refractivity contribution in [3.8, 4) is 0 Å². The number of hydrogen-bond donors (Lipinski definition) is 2. The number of rotatable bonds is 1. The van der Waals surface area contributed by atoms with Gasteiger partial charge in [0.15, 0.2) is 0 Å². The second-order valence-corrected chi connectivity index (χ2v) is 0.627. The van der Waals surface area contributed by atoms with Crippen LogP contribution in [-0.2, 0) is 4.79 Å². The van der Waals surface area contributed by atoms with Crippen LogP contribution in [0.3, 0.4) is 0 Å². The van der Waals surface area contributed by atoms with E-state index in [-0.39, 0.29) is 0 Å². The minimum absolute atomic E-state index is 0.625. The number of carboxylic acid groups (broad SMARTS) is 1. The Morgan fingerprint density at radius 2 is 2.50 bits per heavy atom. The fourth-order valence-corrected chi connectivity index (χ4v) is 0.0617. The molecule has 32 valence electrons. The topological polar surface area (TPSA) is 61.2 Å². The van der Waals surface area contributed by atoms with Crippen LogP contribution in [0.15, 0.2) is 6.08 Å². The molecule has 0 heterocycles. The second kappa shape index (κ2) is 2.18. The molecule has 0 aromatic heterocycles. The highest BCUT2D eigenvalue weighted by Crippen LogP contribution is 1.53. The maximum Gasteiger partial charge on any atom is 0.337 e. The third-order valence-electron chi connectivity index (χ3n) is 0.196. The Kier molecular flexibility index (Phi) is 1.78. The lowest BCUT2D eigenvalue weighted by Crippen LogP contribution is -1.84. The lowest BCUT2D eigenvalue weighted by Gasteiger charge is -1.64. The summed E-state index contributed by atoms with van der Waals surface area (Å²) in [4.78, 5) is 9.36. The first kappa shape index (κ1) is 4.92. The maximum atomic E-state index is 9.36. The van der Waals surface area contributed by atoms with Crippen molar-refractivity contribution < 1.29 is 9.90 Å². The zero-order valence-electron chi connectivity index (χ0n) is 2.93. The molecule has 0 fully saturated rings. The zero-order chi connectivity index (χ0) is 4.99. The van der Waals surface area contributed by atoms with Gasteiger partial charge in [-0.25, -0.2) is 4.79 Å². The Morgan fingerprint density at radius 3 is 2.50 bits per heavy atom. The largest absolute Gasteiger partial charge is 0.478 e. The molecular weight excluding hydrogens is 82.0 g/mol. The van der Waals surface area contributed by atoms with E-state index in [1.807, 2.05) is 0 Å². The van der Waals surface area contributed by atoms with Gasteiger partial charge in [-0.15, -0.1) is 0 Å². The molecule has 0 rings (SSSR count). The SMILES string of the molecule is N=C=CC(=O)O. The Morgan fingerprint density at radius 1 is 2.00 bits per heavy atom. The third-order valence-corrected chi connectivity index (χ3v) is 0.196. The van der Waals surface area contributed by atoms with E-state index < -0.39 is 5.97 Å². The van der Waals surface area contributed by atoms with Crippen molar-refractivity contribution in [2.24, 2.45) is 0 Å². The summed E-state index contributed by atoms with van der Waals surface area (Å²) in [5.41, 5.74) is 0. The number of nitrogens with one attached hydrogen (secondary N) is 1. The highest BCUT2D eigenvalue weighted by Gasteiger charge is 1.77. The Hall–Kier alpha value is -1.08. The van der Waals surface area contributed by atoms with Crippen LogP contribution < -0.4 is 0 Å². The number of hydrogen-bond acceptors (Lipinski definition) is 2. The van der Waals surface area contributed by atoms with Gasteiger partial charge in [-0.1, -0.05) is 0 Å². The molecule has 0 amide bonds. The Bertz CT molecular complexity index is 101. The first-order chi connectivity index (χ1) is 2.77. The quantitative estimate of drug-likeness (QED) is 0.344. The van der Waals surface area contributed by atoms with Crippen molar-refractivity contribution >= 4 is 11.8 Å². The molecule has 6 heavy (non-hydrogen) atoms. The van der Waals surface area contributed by atoms with Crippen molar-refractivity contribution in [2.75, 3.05) is 0 Å². The summed E-state index contributed by atoms with van der Waals surface area (Å²) in [5, 5.41) is 13.7. The molecule has 0 aromatic carbocycles. The van der Waals surface area contributed by atoms with Crippen LogP contribution in [0.1, 0.15) is 0 Å². The minimum atomic E-state index is -1.13. The van der Waals surface area contributed by atoms with Gasteiger partial charge >= 0.3 is 5.97 Å². The molecule has 0 atom stereocenters. The molecule has 0 unspecified atom stereocenters. The van der Waals surface area contributed by atoms with E-state index in [1.54, 1.807) is 5.87 Å². The molecule has 0 spiro atoms. The van der Waals surface area contributed by atoms with Gasteiger partial charge < -0.3 is 5.11 Å². The lowest BCUT2D eigenvalue weighted by molar-refractivity contribution is -0.131. The van der Waals surface area contributed by atoms with Crippen molar-refractivity contribution in [2.45, 2.75) is 0 Å². The van der Waals surface area contributed by atoms with Gasteiger partial charge in [-0.05, 0) is 5.87 Å². The first-order valence-corrected chi connectivity index (χ1v) is 1.26. The smallest absolute Gasteiger partial charge is 0.337 e. The predicted octanol–water partition coefficient (Wildman–Crippen LogP) is -0.124. The average molecular weight is 85.1 g/mol. The Labute approximate surface area is 34.4 Å². The Balaban J connectivity index is 3.60. The molecule has 0 aromatic rings. The maximum absolute atomic E-state index is 9.36. The van der Waals surface area contributed by atoms with Gasteiger partial charge in [0.1, 0.15) is 0 Å². The van der Waals surface area contributed by atoms with Crippen molar-refractivity contribution in [1.82, 2.24) is 0 Å². The summed E-state index contributed by atoms with van der Waals surface area (Å²) in [5.74, 6) is 0.458. The van der Waals surface area contributed by atoms with Crippen molar-refractivity contribution in [1.29, 1.82) is 5.41 Å². The summed E-state index contributed by atoms with van der Waals surface area (Å²) in [6, 6.07) is 0. The van der Waals surface area contributed by atoms with Crippen molar-refractivity contribution in [3.63, 3.8) is 0 Å². The van der Waals surface area contributed by atoms with Crippen LogP contribution in [0.5, 0.6) is 0 Å². The average Bonchev–Trinajstić information content (AvgIpc) is 1.35.